The Bertz CT molecular complexity index is 844. The first kappa shape index (κ1) is 21.0. The molecule has 0 unspecified atom stereocenters. The van der Waals surface area contributed by atoms with E-state index in [0.717, 1.165) is 0 Å². The predicted molar refractivity (Wildman–Crippen MR) is 109 cm³/mol. The number of urea groups is 1. The van der Waals surface area contributed by atoms with Crippen LogP contribution in [0.25, 0.3) is 0 Å². The fraction of sp³-hybridized carbons (Fsp3) is 0.286. The van der Waals surface area contributed by atoms with Gasteiger partial charge in [0, 0.05) is 23.4 Å². The number of hydrogen-bond donors (Lipinski definition) is 3. The summed E-state index contributed by atoms with van der Waals surface area (Å²) < 4.78 is 0. The molecule has 0 aliphatic heterocycles. The van der Waals surface area contributed by atoms with Crippen molar-refractivity contribution in [2.45, 2.75) is 33.2 Å². The Morgan fingerprint density at radius 1 is 0.929 bits per heavy atom. The van der Waals surface area contributed by atoms with Gasteiger partial charge < -0.3 is 10.6 Å². The molecule has 3 N–H and O–H groups in total. The van der Waals surface area contributed by atoms with Gasteiger partial charge in [-0.3, -0.25) is 15.0 Å². The van der Waals surface area contributed by atoms with Crippen LogP contribution in [0.4, 0.5) is 10.5 Å². The van der Waals surface area contributed by atoms with Crippen molar-refractivity contribution in [3.63, 3.8) is 0 Å². The van der Waals surface area contributed by atoms with E-state index in [1.165, 1.54) is 5.01 Å². The van der Waals surface area contributed by atoms with Crippen molar-refractivity contribution in [1.82, 2.24) is 15.8 Å². The van der Waals surface area contributed by atoms with Gasteiger partial charge >= 0.3 is 6.03 Å². The minimum atomic E-state index is -0.639. The molecule has 0 heterocycles. The maximum absolute atomic E-state index is 12.9. The van der Waals surface area contributed by atoms with Gasteiger partial charge in [-0.05, 0) is 58.0 Å². The van der Waals surface area contributed by atoms with E-state index in [9.17, 15) is 14.4 Å². The van der Waals surface area contributed by atoms with E-state index in [2.05, 4.69) is 16.1 Å². The molecule has 2 rings (SSSR count). The fourth-order valence-electron chi connectivity index (χ4n) is 2.47. The zero-order valence-electron chi connectivity index (χ0n) is 16.6. The van der Waals surface area contributed by atoms with Crippen molar-refractivity contribution in [1.29, 1.82) is 0 Å². The lowest BCUT2D eigenvalue weighted by Crippen LogP contribution is -2.55. The molecule has 0 bridgehead atoms. The van der Waals surface area contributed by atoms with Crippen molar-refractivity contribution in [2.24, 2.45) is 0 Å². The summed E-state index contributed by atoms with van der Waals surface area (Å²) in [7, 11) is 0. The van der Waals surface area contributed by atoms with Crippen LogP contribution >= 0.6 is 0 Å². The number of hydrogen-bond acceptors (Lipinski definition) is 3. The average molecular weight is 382 g/mol. The van der Waals surface area contributed by atoms with Crippen LogP contribution in [0.15, 0.2) is 54.6 Å². The molecule has 28 heavy (non-hydrogen) atoms. The Morgan fingerprint density at radius 2 is 1.57 bits per heavy atom. The van der Waals surface area contributed by atoms with Crippen LogP contribution in [-0.2, 0) is 0 Å². The molecule has 0 spiro atoms. The van der Waals surface area contributed by atoms with Crippen LogP contribution < -0.4 is 16.1 Å². The Kier molecular flexibility index (Phi) is 6.76. The lowest BCUT2D eigenvalue weighted by atomic mass is 10.1. The van der Waals surface area contributed by atoms with Crippen molar-refractivity contribution < 1.29 is 14.4 Å². The number of carbonyl (C=O) groups is 3. The number of anilines is 1. The smallest absolute Gasteiger partial charge is 0.319 e. The number of amides is 4. The molecule has 7 nitrogen and oxygen atoms in total. The van der Waals surface area contributed by atoms with E-state index in [1.807, 2.05) is 33.8 Å². The van der Waals surface area contributed by atoms with Gasteiger partial charge in [0.1, 0.15) is 0 Å². The van der Waals surface area contributed by atoms with Crippen LogP contribution in [0.5, 0.6) is 0 Å². The lowest BCUT2D eigenvalue weighted by molar-refractivity contribution is 0.0358. The molecule has 148 valence electrons. The van der Waals surface area contributed by atoms with Crippen LogP contribution in [0.1, 0.15) is 48.4 Å². The highest BCUT2D eigenvalue weighted by Crippen LogP contribution is 2.17. The zero-order chi connectivity index (χ0) is 20.7. The molecular formula is C21H26N4O3. The van der Waals surface area contributed by atoms with Crippen LogP contribution in [0.2, 0.25) is 0 Å². The molecule has 0 aliphatic carbocycles. The highest BCUT2D eigenvalue weighted by atomic mass is 16.2. The molecule has 0 aliphatic rings. The van der Waals surface area contributed by atoms with Crippen LogP contribution in [0.3, 0.4) is 0 Å². The van der Waals surface area contributed by atoms with Crippen molar-refractivity contribution >= 4 is 23.5 Å². The van der Waals surface area contributed by atoms with Gasteiger partial charge in [0.25, 0.3) is 11.8 Å². The third kappa shape index (κ3) is 5.57. The number of nitrogens with zero attached hydrogens (tertiary/aromatic N) is 1. The van der Waals surface area contributed by atoms with Gasteiger partial charge in [0.15, 0.2) is 0 Å². The standard InChI is InChI=1S/C21H26N4O3/c1-5-22-20(28)23-17-13-9-12-16(14-17)18(26)24-25(21(2,3)4)19(27)15-10-7-6-8-11-15/h6-14H,5H2,1-4H3,(H,24,26)(H2,22,23,28). The maximum atomic E-state index is 12.9. The summed E-state index contributed by atoms with van der Waals surface area (Å²) in [4.78, 5) is 37.3. The first-order valence-corrected chi connectivity index (χ1v) is 9.08. The fourth-order valence-corrected chi connectivity index (χ4v) is 2.47. The number of rotatable bonds is 4. The van der Waals surface area contributed by atoms with Gasteiger partial charge in [-0.1, -0.05) is 24.3 Å². The summed E-state index contributed by atoms with van der Waals surface area (Å²) in [6.45, 7) is 7.81. The summed E-state index contributed by atoms with van der Waals surface area (Å²) in [5.41, 5.74) is 3.34. The normalized spacial score (nSPS) is 10.7. The third-order valence-corrected chi connectivity index (χ3v) is 3.83. The molecular weight excluding hydrogens is 356 g/mol. The quantitative estimate of drug-likeness (QED) is 0.708. The highest BCUT2D eigenvalue weighted by Gasteiger charge is 2.29. The molecule has 7 heteroatoms. The molecule has 0 radical (unpaired) electrons. The number of benzene rings is 2. The number of hydrazine groups is 1. The highest BCUT2D eigenvalue weighted by molar-refractivity contribution is 6.00. The van der Waals surface area contributed by atoms with E-state index in [-0.39, 0.29) is 11.9 Å². The maximum Gasteiger partial charge on any atom is 0.319 e. The molecule has 4 amide bonds. The van der Waals surface area contributed by atoms with E-state index in [0.29, 0.717) is 23.4 Å². The van der Waals surface area contributed by atoms with Gasteiger partial charge in [-0.25, -0.2) is 9.80 Å². The summed E-state index contributed by atoms with van der Waals surface area (Å²) in [5.74, 6) is -0.753. The Morgan fingerprint density at radius 3 is 2.18 bits per heavy atom. The third-order valence-electron chi connectivity index (χ3n) is 3.83. The van der Waals surface area contributed by atoms with E-state index in [1.54, 1.807) is 48.5 Å². The monoisotopic (exact) mass is 382 g/mol. The van der Waals surface area contributed by atoms with E-state index < -0.39 is 11.4 Å². The Hall–Kier alpha value is -3.35. The second-order valence-electron chi connectivity index (χ2n) is 7.18. The summed E-state index contributed by atoms with van der Waals surface area (Å²) in [5, 5.41) is 6.60. The molecule has 0 saturated carbocycles. The van der Waals surface area contributed by atoms with E-state index in [4.69, 9.17) is 0 Å². The first-order valence-electron chi connectivity index (χ1n) is 9.08. The van der Waals surface area contributed by atoms with Gasteiger partial charge in [-0.2, -0.15) is 0 Å². The van der Waals surface area contributed by atoms with Crippen molar-refractivity contribution in [2.75, 3.05) is 11.9 Å². The largest absolute Gasteiger partial charge is 0.338 e. The Labute approximate surface area is 165 Å². The molecule has 0 saturated heterocycles. The summed E-state index contributed by atoms with van der Waals surface area (Å²) >= 11 is 0. The number of carbonyl (C=O) groups excluding carboxylic acids is 3. The van der Waals surface area contributed by atoms with Gasteiger partial charge in [0.2, 0.25) is 0 Å². The predicted octanol–water partition coefficient (Wildman–Crippen LogP) is 3.41. The summed E-state index contributed by atoms with van der Waals surface area (Å²) in [6, 6.07) is 14.9. The molecule has 0 aromatic heterocycles. The minimum absolute atomic E-state index is 0.307. The molecule has 0 fully saturated rings. The van der Waals surface area contributed by atoms with Crippen molar-refractivity contribution in [3.05, 3.63) is 65.7 Å². The van der Waals surface area contributed by atoms with E-state index >= 15 is 0 Å². The molecule has 2 aromatic carbocycles. The van der Waals surface area contributed by atoms with Gasteiger partial charge in [0.05, 0.1) is 5.54 Å². The SMILES string of the molecule is CCNC(=O)Nc1cccc(C(=O)NN(C(=O)c2ccccc2)C(C)(C)C)c1. The second-order valence-corrected chi connectivity index (χ2v) is 7.18. The second kappa shape index (κ2) is 9.03. The Balaban J connectivity index is 2.20. The lowest BCUT2D eigenvalue weighted by Gasteiger charge is -2.35. The van der Waals surface area contributed by atoms with Crippen molar-refractivity contribution in [3.8, 4) is 0 Å². The minimum Gasteiger partial charge on any atom is -0.338 e. The number of nitrogens with one attached hydrogen (secondary N) is 3. The molecule has 2 aromatic rings. The topological polar surface area (TPSA) is 90.5 Å². The first-order chi connectivity index (χ1) is 13.2. The van der Waals surface area contributed by atoms with Gasteiger partial charge in [-0.15, -0.1) is 0 Å². The zero-order valence-corrected chi connectivity index (χ0v) is 16.6. The van der Waals surface area contributed by atoms with Crippen LogP contribution in [0, 0.1) is 0 Å². The molecule has 0 atom stereocenters. The average Bonchev–Trinajstić information content (AvgIpc) is 2.65. The summed E-state index contributed by atoms with van der Waals surface area (Å²) in [6.07, 6.45) is 0. The van der Waals surface area contributed by atoms with Crippen LogP contribution in [-0.4, -0.2) is 34.9 Å².